The second-order valence-electron chi connectivity index (χ2n) is 5.81. The molecule has 27 heavy (non-hydrogen) atoms. The molecular formula is C21H18N2O3S. The maximum atomic E-state index is 12.0. The van der Waals surface area contributed by atoms with Crippen molar-refractivity contribution in [2.24, 2.45) is 0 Å². The van der Waals surface area contributed by atoms with E-state index in [0.29, 0.717) is 17.7 Å². The number of aromatic nitrogens is 1. The minimum atomic E-state index is -0.272. The van der Waals surface area contributed by atoms with Crippen molar-refractivity contribution >= 4 is 17.3 Å². The summed E-state index contributed by atoms with van der Waals surface area (Å²) < 4.78 is 10.7. The third-order valence-electron chi connectivity index (χ3n) is 3.97. The molecule has 0 aliphatic heterocycles. The molecule has 0 unspecified atom stereocenters. The van der Waals surface area contributed by atoms with Gasteiger partial charge in [-0.2, -0.15) is 5.26 Å². The standard InChI is InChI=1S/C21H18N2O3S/c1-25-19-5-3-2-4-18(19)21-23-17(14-27-21)13-26-20(24)11-10-15-6-8-16(12-22)9-7-15/h2-9,14H,10-11,13H2,1H3. The summed E-state index contributed by atoms with van der Waals surface area (Å²) in [4.78, 5) is 16.5. The summed E-state index contributed by atoms with van der Waals surface area (Å²) in [5.74, 6) is 0.490. The first-order chi connectivity index (χ1) is 13.2. The number of thiazole rings is 1. The van der Waals surface area contributed by atoms with E-state index in [4.69, 9.17) is 14.7 Å². The minimum absolute atomic E-state index is 0.151. The zero-order chi connectivity index (χ0) is 19.1. The van der Waals surface area contributed by atoms with Crippen LogP contribution in [-0.2, 0) is 22.6 Å². The molecule has 1 aromatic heterocycles. The topological polar surface area (TPSA) is 72.2 Å². The average Bonchev–Trinajstić information content (AvgIpc) is 3.20. The van der Waals surface area contributed by atoms with Crippen LogP contribution in [0.4, 0.5) is 0 Å². The smallest absolute Gasteiger partial charge is 0.306 e. The highest BCUT2D eigenvalue weighted by Gasteiger charge is 2.11. The number of esters is 1. The molecule has 0 saturated heterocycles. The molecule has 0 saturated carbocycles. The van der Waals surface area contributed by atoms with E-state index in [-0.39, 0.29) is 19.0 Å². The molecule has 2 aromatic carbocycles. The largest absolute Gasteiger partial charge is 0.496 e. The van der Waals surface area contributed by atoms with Crippen LogP contribution < -0.4 is 4.74 Å². The Kier molecular flexibility index (Phi) is 6.18. The number of rotatable bonds is 7. The molecule has 0 aliphatic carbocycles. The highest BCUT2D eigenvalue weighted by Crippen LogP contribution is 2.31. The zero-order valence-corrected chi connectivity index (χ0v) is 15.7. The quantitative estimate of drug-likeness (QED) is 0.571. The summed E-state index contributed by atoms with van der Waals surface area (Å²) in [5, 5.41) is 11.5. The Bertz CT molecular complexity index is 958. The van der Waals surface area contributed by atoms with Gasteiger partial charge in [0.25, 0.3) is 0 Å². The van der Waals surface area contributed by atoms with Crippen molar-refractivity contribution in [2.75, 3.05) is 7.11 Å². The van der Waals surface area contributed by atoms with Crippen molar-refractivity contribution < 1.29 is 14.3 Å². The van der Waals surface area contributed by atoms with Gasteiger partial charge in [-0.05, 0) is 36.2 Å². The van der Waals surface area contributed by atoms with Crippen molar-refractivity contribution in [3.8, 4) is 22.4 Å². The molecule has 0 radical (unpaired) electrons. The number of hydrogen-bond donors (Lipinski definition) is 0. The van der Waals surface area contributed by atoms with E-state index in [9.17, 15) is 4.79 Å². The van der Waals surface area contributed by atoms with E-state index in [1.807, 2.05) is 41.8 Å². The average molecular weight is 378 g/mol. The van der Waals surface area contributed by atoms with Gasteiger partial charge in [-0.1, -0.05) is 24.3 Å². The van der Waals surface area contributed by atoms with Crippen LogP contribution >= 0.6 is 11.3 Å². The molecular weight excluding hydrogens is 360 g/mol. The lowest BCUT2D eigenvalue weighted by Crippen LogP contribution is -2.06. The van der Waals surface area contributed by atoms with Crippen molar-refractivity contribution in [1.82, 2.24) is 4.98 Å². The molecule has 0 aliphatic rings. The Hall–Kier alpha value is -3.17. The fourth-order valence-electron chi connectivity index (χ4n) is 2.54. The van der Waals surface area contributed by atoms with Crippen molar-refractivity contribution in [3.05, 3.63) is 70.7 Å². The maximum absolute atomic E-state index is 12.0. The van der Waals surface area contributed by atoms with Gasteiger partial charge in [0, 0.05) is 11.8 Å². The second kappa shape index (κ2) is 8.97. The summed E-state index contributed by atoms with van der Waals surface area (Å²) in [5.41, 5.74) is 3.24. The minimum Gasteiger partial charge on any atom is -0.496 e. The summed E-state index contributed by atoms with van der Waals surface area (Å²) in [6, 6.07) is 16.9. The number of nitrogens with zero attached hydrogens (tertiary/aromatic N) is 2. The highest BCUT2D eigenvalue weighted by molar-refractivity contribution is 7.13. The number of carbonyl (C=O) groups is 1. The first-order valence-corrected chi connectivity index (χ1v) is 9.30. The molecule has 0 atom stereocenters. The molecule has 136 valence electrons. The molecule has 0 spiro atoms. The lowest BCUT2D eigenvalue weighted by atomic mass is 10.1. The highest BCUT2D eigenvalue weighted by atomic mass is 32.1. The number of nitriles is 1. The third kappa shape index (κ3) is 4.93. The van der Waals surface area contributed by atoms with Crippen LogP contribution in [0.5, 0.6) is 5.75 Å². The van der Waals surface area contributed by atoms with Crippen molar-refractivity contribution in [2.45, 2.75) is 19.4 Å². The number of para-hydroxylation sites is 1. The Morgan fingerprint density at radius 3 is 2.70 bits per heavy atom. The summed E-state index contributed by atoms with van der Waals surface area (Å²) >= 11 is 1.49. The van der Waals surface area contributed by atoms with Gasteiger partial charge >= 0.3 is 5.97 Å². The predicted octanol–water partition coefficient (Wildman–Crippen LogP) is 4.37. The van der Waals surface area contributed by atoms with Crippen molar-refractivity contribution in [1.29, 1.82) is 5.26 Å². The molecule has 0 bridgehead atoms. The van der Waals surface area contributed by atoms with E-state index in [0.717, 1.165) is 21.9 Å². The van der Waals surface area contributed by atoms with Gasteiger partial charge in [-0.25, -0.2) is 4.98 Å². The van der Waals surface area contributed by atoms with Gasteiger partial charge in [0.2, 0.25) is 0 Å². The number of carbonyl (C=O) groups excluding carboxylic acids is 1. The van der Waals surface area contributed by atoms with Crippen LogP contribution in [0.3, 0.4) is 0 Å². The number of methoxy groups -OCH3 is 1. The summed E-state index contributed by atoms with van der Waals surface area (Å²) in [6.45, 7) is 0.151. The molecule has 0 amide bonds. The maximum Gasteiger partial charge on any atom is 0.306 e. The van der Waals surface area contributed by atoms with Crippen molar-refractivity contribution in [3.63, 3.8) is 0 Å². The lowest BCUT2D eigenvalue weighted by molar-refractivity contribution is -0.145. The van der Waals surface area contributed by atoms with Crippen LogP contribution in [0.2, 0.25) is 0 Å². The van der Waals surface area contributed by atoms with Crippen LogP contribution in [0.1, 0.15) is 23.2 Å². The summed E-state index contributed by atoms with van der Waals surface area (Å²) in [7, 11) is 1.63. The molecule has 0 fully saturated rings. The molecule has 0 N–H and O–H groups in total. The Balaban J connectivity index is 1.52. The molecule has 3 rings (SSSR count). The monoisotopic (exact) mass is 378 g/mol. The van der Waals surface area contributed by atoms with Gasteiger partial charge in [-0.3, -0.25) is 4.79 Å². The molecule has 1 heterocycles. The number of hydrogen-bond acceptors (Lipinski definition) is 6. The number of benzene rings is 2. The predicted molar refractivity (Wildman–Crippen MR) is 103 cm³/mol. The number of aryl methyl sites for hydroxylation is 1. The van der Waals surface area contributed by atoms with Crippen LogP contribution in [0.15, 0.2) is 53.9 Å². The van der Waals surface area contributed by atoms with E-state index >= 15 is 0 Å². The first-order valence-electron chi connectivity index (χ1n) is 8.42. The normalized spacial score (nSPS) is 10.2. The SMILES string of the molecule is COc1ccccc1-c1nc(COC(=O)CCc2ccc(C#N)cc2)cs1. The molecule has 3 aromatic rings. The molecule has 5 nitrogen and oxygen atoms in total. The van der Waals surface area contributed by atoms with E-state index < -0.39 is 0 Å². The Labute approximate surface area is 161 Å². The van der Waals surface area contributed by atoms with Crippen LogP contribution in [0.25, 0.3) is 10.6 Å². The lowest BCUT2D eigenvalue weighted by Gasteiger charge is -2.05. The summed E-state index contributed by atoms with van der Waals surface area (Å²) in [6.07, 6.45) is 0.865. The molecule has 6 heteroatoms. The number of ether oxygens (including phenoxy) is 2. The van der Waals surface area contributed by atoms with E-state index in [1.165, 1.54) is 11.3 Å². The fraction of sp³-hybridized carbons (Fsp3) is 0.190. The second-order valence-corrected chi connectivity index (χ2v) is 6.67. The van der Waals surface area contributed by atoms with Gasteiger partial charge in [-0.15, -0.1) is 11.3 Å². The third-order valence-corrected chi connectivity index (χ3v) is 4.90. The zero-order valence-electron chi connectivity index (χ0n) is 14.8. The Morgan fingerprint density at radius 2 is 1.96 bits per heavy atom. The van der Waals surface area contributed by atoms with E-state index in [1.54, 1.807) is 19.2 Å². The van der Waals surface area contributed by atoms with Crippen LogP contribution in [-0.4, -0.2) is 18.1 Å². The van der Waals surface area contributed by atoms with Crippen LogP contribution in [0, 0.1) is 11.3 Å². The fourth-order valence-corrected chi connectivity index (χ4v) is 3.37. The van der Waals surface area contributed by atoms with Gasteiger partial charge in [0.15, 0.2) is 0 Å². The van der Waals surface area contributed by atoms with Gasteiger partial charge in [0.1, 0.15) is 17.4 Å². The van der Waals surface area contributed by atoms with Gasteiger partial charge in [0.05, 0.1) is 30.0 Å². The first kappa shape index (κ1) is 18.6. The van der Waals surface area contributed by atoms with E-state index in [2.05, 4.69) is 11.1 Å². The Morgan fingerprint density at radius 1 is 1.19 bits per heavy atom. The van der Waals surface area contributed by atoms with Gasteiger partial charge < -0.3 is 9.47 Å².